The van der Waals surface area contributed by atoms with Crippen LogP contribution in [-0.4, -0.2) is 59.7 Å². The van der Waals surface area contributed by atoms with Gasteiger partial charge in [0.05, 0.1) is 0 Å². The van der Waals surface area contributed by atoms with Crippen LogP contribution in [0.1, 0.15) is 26.7 Å². The molecule has 1 aromatic heterocycles. The number of thioether (sulfide) groups is 1. The smallest absolute Gasteiger partial charge is 0.231 e. The molecule has 2 heterocycles. The topological polar surface area (TPSA) is 57.2 Å². The highest BCUT2D eigenvalue weighted by molar-refractivity contribution is 7.98. The average molecular weight is 310 g/mol. The van der Waals surface area contributed by atoms with E-state index >= 15 is 0 Å². The Morgan fingerprint density at radius 1 is 1.29 bits per heavy atom. The van der Waals surface area contributed by atoms with Crippen LogP contribution in [0, 0.1) is 0 Å². The number of rotatable bonds is 7. The van der Waals surface area contributed by atoms with Gasteiger partial charge in [0.15, 0.2) is 0 Å². The summed E-state index contributed by atoms with van der Waals surface area (Å²) in [4.78, 5) is 18.2. The summed E-state index contributed by atoms with van der Waals surface area (Å²) in [5, 5.41) is 3.22. The predicted molar refractivity (Wildman–Crippen MR) is 91.7 cm³/mol. The van der Waals surface area contributed by atoms with Crippen LogP contribution < -0.4 is 15.1 Å². The third-order valence-corrected chi connectivity index (χ3v) is 4.54. The molecule has 118 valence electrons. The van der Waals surface area contributed by atoms with Gasteiger partial charge in [-0.05, 0) is 32.9 Å². The third-order valence-electron chi connectivity index (χ3n) is 3.72. The highest BCUT2D eigenvalue weighted by Crippen LogP contribution is 2.21. The Morgan fingerprint density at radius 2 is 2.00 bits per heavy atom. The Balaban J connectivity index is 2.26. The monoisotopic (exact) mass is 310 g/mol. The summed E-state index contributed by atoms with van der Waals surface area (Å²) in [7, 11) is 2.06. The van der Waals surface area contributed by atoms with Crippen LogP contribution in [0.25, 0.3) is 0 Å². The molecule has 0 saturated carbocycles. The standard InChI is InChI=1S/C14H26N6S/c1-5-15-12-16-13(19(3)11(2)10-21-4)18-14(17-12)20-8-6-7-9-20/h11H,5-10H2,1-4H3,(H,15,16,17,18). The van der Waals surface area contributed by atoms with Crippen LogP contribution in [0.3, 0.4) is 0 Å². The van der Waals surface area contributed by atoms with E-state index in [4.69, 9.17) is 0 Å². The first-order valence-electron chi connectivity index (χ1n) is 7.62. The molecule has 1 saturated heterocycles. The summed E-state index contributed by atoms with van der Waals surface area (Å²) in [6.07, 6.45) is 4.56. The highest BCUT2D eigenvalue weighted by atomic mass is 32.2. The molecule has 1 atom stereocenters. The summed E-state index contributed by atoms with van der Waals surface area (Å²) in [6, 6.07) is 0.392. The maximum absolute atomic E-state index is 4.68. The maximum atomic E-state index is 4.68. The van der Waals surface area contributed by atoms with E-state index in [0.29, 0.717) is 12.0 Å². The van der Waals surface area contributed by atoms with E-state index in [9.17, 15) is 0 Å². The second-order valence-corrected chi connectivity index (χ2v) is 6.31. The van der Waals surface area contributed by atoms with Gasteiger partial charge in [-0.2, -0.15) is 26.7 Å². The van der Waals surface area contributed by atoms with Gasteiger partial charge in [0.2, 0.25) is 17.8 Å². The lowest BCUT2D eigenvalue weighted by Gasteiger charge is -2.26. The summed E-state index contributed by atoms with van der Waals surface area (Å²) in [6.45, 7) is 7.15. The number of hydrogen-bond donors (Lipinski definition) is 1. The van der Waals surface area contributed by atoms with Gasteiger partial charge in [-0.1, -0.05) is 0 Å². The lowest BCUT2D eigenvalue weighted by molar-refractivity contribution is 0.730. The van der Waals surface area contributed by atoms with Crippen LogP contribution >= 0.6 is 11.8 Å². The summed E-state index contributed by atoms with van der Waals surface area (Å²) in [5.41, 5.74) is 0. The van der Waals surface area contributed by atoms with Crippen LogP contribution in [0.2, 0.25) is 0 Å². The van der Waals surface area contributed by atoms with Gasteiger partial charge in [-0.25, -0.2) is 0 Å². The minimum Gasteiger partial charge on any atom is -0.354 e. The van der Waals surface area contributed by atoms with Crippen LogP contribution in [0.5, 0.6) is 0 Å². The van der Waals surface area contributed by atoms with Gasteiger partial charge >= 0.3 is 0 Å². The molecule has 0 amide bonds. The summed E-state index contributed by atoms with van der Waals surface area (Å²) in [5.74, 6) is 3.28. The van der Waals surface area contributed by atoms with Crippen molar-refractivity contribution in [2.24, 2.45) is 0 Å². The molecule has 0 aliphatic carbocycles. The van der Waals surface area contributed by atoms with E-state index in [1.807, 2.05) is 11.8 Å². The summed E-state index contributed by atoms with van der Waals surface area (Å²) < 4.78 is 0. The molecule has 0 spiro atoms. The Bertz CT molecular complexity index is 449. The van der Waals surface area contributed by atoms with Gasteiger partial charge in [0, 0.05) is 38.5 Å². The number of nitrogens with zero attached hydrogens (tertiary/aromatic N) is 5. The fraction of sp³-hybridized carbons (Fsp3) is 0.786. The van der Waals surface area contributed by atoms with Gasteiger partial charge in [0.1, 0.15) is 0 Å². The van der Waals surface area contributed by atoms with Crippen molar-refractivity contribution in [3.05, 3.63) is 0 Å². The van der Waals surface area contributed by atoms with Crippen molar-refractivity contribution < 1.29 is 0 Å². The van der Waals surface area contributed by atoms with E-state index < -0.39 is 0 Å². The zero-order valence-corrected chi connectivity index (χ0v) is 14.3. The van der Waals surface area contributed by atoms with Crippen LogP contribution in [-0.2, 0) is 0 Å². The summed E-state index contributed by atoms with van der Waals surface area (Å²) >= 11 is 1.84. The van der Waals surface area contributed by atoms with E-state index in [1.54, 1.807) is 0 Å². The molecule has 1 fully saturated rings. The Morgan fingerprint density at radius 3 is 2.62 bits per heavy atom. The van der Waals surface area contributed by atoms with Crippen molar-refractivity contribution in [2.75, 3.05) is 53.8 Å². The Hall–Kier alpha value is -1.24. The van der Waals surface area contributed by atoms with Gasteiger partial charge in [-0.15, -0.1) is 0 Å². The van der Waals surface area contributed by atoms with E-state index in [2.05, 4.69) is 57.2 Å². The van der Waals surface area contributed by atoms with E-state index in [0.717, 1.165) is 37.3 Å². The molecular weight excluding hydrogens is 284 g/mol. The molecule has 0 radical (unpaired) electrons. The van der Waals surface area contributed by atoms with E-state index in [-0.39, 0.29) is 0 Å². The molecule has 6 nitrogen and oxygen atoms in total. The van der Waals surface area contributed by atoms with Crippen molar-refractivity contribution in [1.82, 2.24) is 15.0 Å². The SMILES string of the molecule is CCNc1nc(N2CCCC2)nc(N(C)C(C)CSC)n1. The van der Waals surface area contributed by atoms with Crippen LogP contribution in [0.15, 0.2) is 0 Å². The molecule has 7 heteroatoms. The van der Waals surface area contributed by atoms with Gasteiger partial charge in [0.25, 0.3) is 0 Å². The molecule has 1 unspecified atom stereocenters. The number of nitrogens with one attached hydrogen (secondary N) is 1. The Labute approximate surface area is 131 Å². The molecule has 1 aromatic rings. The normalized spacial score (nSPS) is 16.1. The lowest BCUT2D eigenvalue weighted by Crippen LogP contribution is -2.33. The molecule has 0 aromatic carbocycles. The lowest BCUT2D eigenvalue weighted by atomic mass is 10.3. The molecule has 21 heavy (non-hydrogen) atoms. The van der Waals surface area contributed by atoms with Crippen molar-refractivity contribution in [3.63, 3.8) is 0 Å². The molecule has 0 bridgehead atoms. The van der Waals surface area contributed by atoms with Crippen molar-refractivity contribution in [1.29, 1.82) is 0 Å². The first-order valence-corrected chi connectivity index (χ1v) is 9.01. The largest absolute Gasteiger partial charge is 0.354 e. The van der Waals surface area contributed by atoms with Crippen molar-refractivity contribution in [2.45, 2.75) is 32.7 Å². The maximum Gasteiger partial charge on any atom is 0.231 e. The minimum absolute atomic E-state index is 0.392. The first-order chi connectivity index (χ1) is 10.2. The predicted octanol–water partition coefficient (Wildman–Crippen LogP) is 2.09. The third kappa shape index (κ3) is 4.12. The molecule has 1 N–H and O–H groups in total. The minimum atomic E-state index is 0.392. The zero-order valence-electron chi connectivity index (χ0n) is 13.5. The van der Waals surface area contributed by atoms with Crippen molar-refractivity contribution >= 4 is 29.6 Å². The first kappa shape index (κ1) is 16.1. The fourth-order valence-electron chi connectivity index (χ4n) is 2.36. The number of anilines is 3. The quantitative estimate of drug-likeness (QED) is 0.827. The number of hydrogen-bond acceptors (Lipinski definition) is 7. The Kier molecular flexibility index (Phi) is 5.90. The van der Waals surface area contributed by atoms with Crippen LogP contribution in [0.4, 0.5) is 17.8 Å². The second-order valence-electron chi connectivity index (χ2n) is 5.40. The zero-order chi connectivity index (χ0) is 15.2. The molecular formula is C14H26N6S. The number of aromatic nitrogens is 3. The van der Waals surface area contributed by atoms with Crippen molar-refractivity contribution in [3.8, 4) is 0 Å². The molecule has 2 rings (SSSR count). The molecule has 1 aliphatic heterocycles. The average Bonchev–Trinajstić information content (AvgIpc) is 3.01. The highest BCUT2D eigenvalue weighted by Gasteiger charge is 2.20. The van der Waals surface area contributed by atoms with Gasteiger partial charge in [-0.3, -0.25) is 0 Å². The molecule has 1 aliphatic rings. The van der Waals surface area contributed by atoms with E-state index in [1.165, 1.54) is 12.8 Å². The fourth-order valence-corrected chi connectivity index (χ4v) is 3.06. The van der Waals surface area contributed by atoms with Gasteiger partial charge < -0.3 is 15.1 Å². The second kappa shape index (κ2) is 7.68.